The largest absolute Gasteiger partial charge is 0.399 e. The smallest absolute Gasteiger partial charge is 0.0963 e. The molecule has 2 aromatic rings. The van der Waals surface area contributed by atoms with Crippen LogP contribution in [0.15, 0.2) is 48.5 Å². The van der Waals surface area contributed by atoms with Gasteiger partial charge in [0.05, 0.1) is 6.10 Å². The quantitative estimate of drug-likeness (QED) is 0.722. The molecule has 0 aliphatic heterocycles. The molecule has 0 aromatic heterocycles. The summed E-state index contributed by atoms with van der Waals surface area (Å²) in [5, 5.41) is 13.3. The summed E-state index contributed by atoms with van der Waals surface area (Å²) >= 11 is 0. The van der Waals surface area contributed by atoms with Crippen molar-refractivity contribution in [3.05, 3.63) is 59.7 Å². The fourth-order valence-electron chi connectivity index (χ4n) is 1.86. The summed E-state index contributed by atoms with van der Waals surface area (Å²) in [6.07, 6.45) is -0.562. The maximum Gasteiger partial charge on any atom is 0.0963 e. The first-order valence-electron chi connectivity index (χ1n) is 6.00. The number of nitrogens with two attached hydrogens (primary N) is 1. The molecule has 0 spiro atoms. The zero-order valence-electron chi connectivity index (χ0n) is 10.4. The van der Waals surface area contributed by atoms with Crippen LogP contribution in [0.4, 0.5) is 11.4 Å². The number of aryl methyl sites for hydroxylation is 1. The van der Waals surface area contributed by atoms with Crippen molar-refractivity contribution in [3.63, 3.8) is 0 Å². The van der Waals surface area contributed by atoms with E-state index < -0.39 is 6.10 Å². The Morgan fingerprint density at radius 3 is 2.67 bits per heavy atom. The van der Waals surface area contributed by atoms with Gasteiger partial charge in [-0.05, 0) is 36.2 Å². The lowest BCUT2D eigenvalue weighted by Gasteiger charge is -2.15. The van der Waals surface area contributed by atoms with E-state index in [2.05, 4.69) is 5.32 Å². The van der Waals surface area contributed by atoms with E-state index in [1.807, 2.05) is 49.4 Å². The molecule has 0 bridgehead atoms. The summed E-state index contributed by atoms with van der Waals surface area (Å²) in [5.74, 6) is 0. The minimum atomic E-state index is -0.562. The lowest BCUT2D eigenvalue weighted by atomic mass is 10.1. The molecular weight excluding hydrogens is 224 g/mol. The number of aliphatic hydroxyl groups is 1. The third-order valence-electron chi connectivity index (χ3n) is 2.93. The third kappa shape index (κ3) is 3.02. The van der Waals surface area contributed by atoms with E-state index in [1.54, 1.807) is 6.07 Å². The summed E-state index contributed by atoms with van der Waals surface area (Å²) < 4.78 is 0. The lowest BCUT2D eigenvalue weighted by molar-refractivity contribution is 0.191. The lowest BCUT2D eigenvalue weighted by Crippen LogP contribution is -2.12. The molecule has 0 aliphatic carbocycles. The standard InChI is InChI=1S/C15H18N2O/c1-11-5-2-3-8-14(11)17-10-15(18)12-6-4-7-13(16)9-12/h2-9,15,17-18H,10,16H2,1H3. The monoisotopic (exact) mass is 242 g/mol. The van der Waals surface area contributed by atoms with Gasteiger partial charge in [0, 0.05) is 17.9 Å². The van der Waals surface area contributed by atoms with Gasteiger partial charge in [0.2, 0.25) is 0 Å². The number of nitrogens with one attached hydrogen (secondary N) is 1. The number of hydrogen-bond donors (Lipinski definition) is 3. The minimum Gasteiger partial charge on any atom is -0.399 e. The normalized spacial score (nSPS) is 12.1. The topological polar surface area (TPSA) is 58.3 Å². The highest BCUT2D eigenvalue weighted by atomic mass is 16.3. The van der Waals surface area contributed by atoms with E-state index in [0.29, 0.717) is 12.2 Å². The Morgan fingerprint density at radius 2 is 1.94 bits per heavy atom. The Hall–Kier alpha value is -2.00. The van der Waals surface area contributed by atoms with Crippen LogP contribution < -0.4 is 11.1 Å². The molecule has 2 rings (SSSR count). The first-order chi connectivity index (χ1) is 8.66. The average molecular weight is 242 g/mol. The molecule has 1 atom stereocenters. The highest BCUT2D eigenvalue weighted by Crippen LogP contribution is 2.18. The Balaban J connectivity index is 2.00. The van der Waals surface area contributed by atoms with Crippen molar-refractivity contribution < 1.29 is 5.11 Å². The summed E-state index contributed by atoms with van der Waals surface area (Å²) in [7, 11) is 0. The number of hydrogen-bond acceptors (Lipinski definition) is 3. The third-order valence-corrected chi connectivity index (χ3v) is 2.93. The number of anilines is 2. The zero-order chi connectivity index (χ0) is 13.0. The molecule has 0 aliphatic rings. The van der Waals surface area contributed by atoms with Crippen molar-refractivity contribution in [3.8, 4) is 0 Å². The van der Waals surface area contributed by atoms with Crippen LogP contribution in [-0.2, 0) is 0 Å². The van der Waals surface area contributed by atoms with Gasteiger partial charge >= 0.3 is 0 Å². The molecular formula is C15H18N2O. The summed E-state index contributed by atoms with van der Waals surface area (Å²) in [5.41, 5.74) is 9.40. The van der Waals surface area contributed by atoms with Gasteiger partial charge in [-0.1, -0.05) is 30.3 Å². The van der Waals surface area contributed by atoms with E-state index in [4.69, 9.17) is 5.73 Å². The van der Waals surface area contributed by atoms with Crippen molar-refractivity contribution in [2.75, 3.05) is 17.6 Å². The van der Waals surface area contributed by atoms with Crippen LogP contribution >= 0.6 is 0 Å². The van der Waals surface area contributed by atoms with E-state index in [1.165, 1.54) is 0 Å². The highest BCUT2D eigenvalue weighted by Gasteiger charge is 2.07. The number of aliphatic hydroxyl groups excluding tert-OH is 1. The predicted octanol–water partition coefficient (Wildman–Crippen LogP) is 2.72. The van der Waals surface area contributed by atoms with Gasteiger partial charge in [0.1, 0.15) is 0 Å². The van der Waals surface area contributed by atoms with Gasteiger partial charge in [-0.2, -0.15) is 0 Å². The van der Waals surface area contributed by atoms with Crippen LogP contribution in [0.3, 0.4) is 0 Å². The SMILES string of the molecule is Cc1ccccc1NCC(O)c1cccc(N)c1. The van der Waals surface area contributed by atoms with E-state index in [-0.39, 0.29) is 0 Å². The van der Waals surface area contributed by atoms with Crippen LogP contribution in [0, 0.1) is 6.92 Å². The maximum absolute atomic E-state index is 10.1. The van der Waals surface area contributed by atoms with Gasteiger partial charge in [-0.3, -0.25) is 0 Å². The van der Waals surface area contributed by atoms with Gasteiger partial charge in [0.15, 0.2) is 0 Å². The highest BCUT2D eigenvalue weighted by molar-refractivity contribution is 5.50. The molecule has 0 amide bonds. The molecule has 0 radical (unpaired) electrons. The minimum absolute atomic E-state index is 0.467. The molecule has 3 heteroatoms. The summed E-state index contributed by atoms with van der Waals surface area (Å²) in [6, 6.07) is 15.3. The van der Waals surface area contributed by atoms with Crippen LogP contribution in [-0.4, -0.2) is 11.7 Å². The Labute approximate surface area is 107 Å². The Bertz CT molecular complexity index is 525. The van der Waals surface area contributed by atoms with Crippen molar-refractivity contribution in [1.29, 1.82) is 0 Å². The second-order valence-corrected chi connectivity index (χ2v) is 4.38. The number of nitrogen functional groups attached to an aromatic ring is 1. The fourth-order valence-corrected chi connectivity index (χ4v) is 1.86. The molecule has 1 unspecified atom stereocenters. The van der Waals surface area contributed by atoms with E-state index in [9.17, 15) is 5.11 Å². The number of para-hydroxylation sites is 1. The second-order valence-electron chi connectivity index (χ2n) is 4.38. The molecule has 18 heavy (non-hydrogen) atoms. The molecule has 2 aromatic carbocycles. The maximum atomic E-state index is 10.1. The van der Waals surface area contributed by atoms with Crippen molar-refractivity contribution in [2.24, 2.45) is 0 Å². The van der Waals surface area contributed by atoms with Gasteiger partial charge < -0.3 is 16.2 Å². The molecule has 0 saturated carbocycles. The molecule has 3 nitrogen and oxygen atoms in total. The van der Waals surface area contributed by atoms with Crippen molar-refractivity contribution >= 4 is 11.4 Å². The van der Waals surface area contributed by atoms with Gasteiger partial charge in [-0.15, -0.1) is 0 Å². The van der Waals surface area contributed by atoms with E-state index in [0.717, 1.165) is 16.8 Å². The van der Waals surface area contributed by atoms with Crippen molar-refractivity contribution in [2.45, 2.75) is 13.0 Å². The van der Waals surface area contributed by atoms with Gasteiger partial charge in [-0.25, -0.2) is 0 Å². The number of benzene rings is 2. The first kappa shape index (κ1) is 12.5. The Morgan fingerprint density at radius 1 is 1.17 bits per heavy atom. The second kappa shape index (κ2) is 5.56. The van der Waals surface area contributed by atoms with Gasteiger partial charge in [0.25, 0.3) is 0 Å². The summed E-state index contributed by atoms with van der Waals surface area (Å²) in [4.78, 5) is 0. The molecule has 0 saturated heterocycles. The van der Waals surface area contributed by atoms with E-state index >= 15 is 0 Å². The number of rotatable bonds is 4. The first-order valence-corrected chi connectivity index (χ1v) is 6.00. The molecule has 4 N–H and O–H groups in total. The summed E-state index contributed by atoms with van der Waals surface area (Å²) in [6.45, 7) is 2.50. The molecule has 94 valence electrons. The average Bonchev–Trinajstić information content (AvgIpc) is 2.37. The van der Waals surface area contributed by atoms with Crippen LogP contribution in [0.25, 0.3) is 0 Å². The fraction of sp³-hybridized carbons (Fsp3) is 0.200. The predicted molar refractivity (Wildman–Crippen MR) is 75.5 cm³/mol. The molecule has 0 heterocycles. The Kier molecular flexibility index (Phi) is 3.85. The van der Waals surface area contributed by atoms with Crippen molar-refractivity contribution in [1.82, 2.24) is 0 Å². The van der Waals surface area contributed by atoms with Crippen LogP contribution in [0.2, 0.25) is 0 Å². The van der Waals surface area contributed by atoms with Crippen LogP contribution in [0.1, 0.15) is 17.2 Å². The zero-order valence-corrected chi connectivity index (χ0v) is 10.4. The van der Waals surface area contributed by atoms with Crippen LogP contribution in [0.5, 0.6) is 0 Å². The molecule has 0 fully saturated rings.